The van der Waals surface area contributed by atoms with E-state index >= 15 is 0 Å². The van der Waals surface area contributed by atoms with Crippen LogP contribution in [0.3, 0.4) is 0 Å². The quantitative estimate of drug-likeness (QED) is 0.423. The fourth-order valence-electron chi connectivity index (χ4n) is 0.939. The number of nitrogen functional groups attached to an aromatic ring is 1. The summed E-state index contributed by atoms with van der Waals surface area (Å²) >= 11 is 0. The maximum Gasteiger partial charge on any atom is 0.145 e. The third-order valence-corrected chi connectivity index (χ3v) is 2.31. The van der Waals surface area contributed by atoms with Gasteiger partial charge in [-0.2, -0.15) is 0 Å². The van der Waals surface area contributed by atoms with Crippen LogP contribution in [0.2, 0.25) is 0 Å². The Labute approximate surface area is 88.9 Å². The highest BCUT2D eigenvalue weighted by Crippen LogP contribution is 2.17. The molecule has 0 radical (unpaired) electrons. The minimum absolute atomic E-state index is 0.458. The van der Waals surface area contributed by atoms with E-state index in [0.717, 1.165) is 0 Å². The van der Waals surface area contributed by atoms with Crippen LogP contribution in [0, 0.1) is 0 Å². The number of aliphatic hydroxyl groups is 1. The molecule has 1 heterocycles. The van der Waals surface area contributed by atoms with Crippen molar-refractivity contribution in [2.24, 2.45) is 5.84 Å². The molecule has 6 nitrogen and oxygen atoms in total. The van der Waals surface area contributed by atoms with Gasteiger partial charge >= 0.3 is 0 Å². The van der Waals surface area contributed by atoms with Crippen molar-refractivity contribution in [3.63, 3.8) is 0 Å². The zero-order valence-corrected chi connectivity index (χ0v) is 9.15. The smallest absolute Gasteiger partial charge is 0.145 e. The van der Waals surface area contributed by atoms with Gasteiger partial charge in [-0.05, 0) is 20.8 Å². The molecule has 0 aromatic carbocycles. The first-order chi connectivity index (χ1) is 6.95. The van der Waals surface area contributed by atoms with E-state index in [1.54, 1.807) is 13.0 Å². The normalized spacial score (nSPS) is 13.4. The lowest BCUT2D eigenvalue weighted by atomic mass is 9.99. The molecular weight excluding hydrogens is 194 g/mol. The number of hydrogen-bond acceptors (Lipinski definition) is 6. The highest BCUT2D eigenvalue weighted by atomic mass is 16.3. The van der Waals surface area contributed by atoms with Crippen molar-refractivity contribution in [2.75, 3.05) is 10.7 Å². The van der Waals surface area contributed by atoms with Crippen molar-refractivity contribution in [3.05, 3.63) is 12.4 Å². The number of anilines is 2. The van der Waals surface area contributed by atoms with Crippen molar-refractivity contribution >= 4 is 11.6 Å². The molecule has 84 valence electrons. The first-order valence-electron chi connectivity index (χ1n) is 4.70. The van der Waals surface area contributed by atoms with Crippen molar-refractivity contribution in [1.29, 1.82) is 0 Å². The lowest BCUT2D eigenvalue weighted by Gasteiger charge is -2.29. The predicted molar refractivity (Wildman–Crippen MR) is 59.2 cm³/mol. The molecule has 0 amide bonds. The van der Waals surface area contributed by atoms with E-state index in [2.05, 4.69) is 20.7 Å². The molecule has 0 fully saturated rings. The lowest BCUT2D eigenvalue weighted by Crippen LogP contribution is -2.42. The SMILES string of the molecule is CC(O)C(C)(C)Nc1cc(NN)ncn1. The summed E-state index contributed by atoms with van der Waals surface area (Å²) in [4.78, 5) is 7.91. The molecule has 5 N–H and O–H groups in total. The first kappa shape index (κ1) is 11.7. The summed E-state index contributed by atoms with van der Waals surface area (Å²) in [6.45, 7) is 5.49. The fraction of sp³-hybridized carbons (Fsp3) is 0.556. The summed E-state index contributed by atoms with van der Waals surface area (Å²) < 4.78 is 0. The lowest BCUT2D eigenvalue weighted by molar-refractivity contribution is 0.133. The number of hydrazine groups is 1. The standard InChI is InChI=1S/C9H17N5O/c1-6(15)9(2,3)13-7-4-8(14-10)12-5-11-7/h4-6,15H,10H2,1-3H3,(H2,11,12,13,14). The van der Waals surface area contributed by atoms with E-state index in [1.807, 2.05) is 13.8 Å². The molecule has 1 rings (SSSR count). The molecular formula is C9H17N5O. The van der Waals surface area contributed by atoms with Crippen LogP contribution in [0.4, 0.5) is 11.6 Å². The van der Waals surface area contributed by atoms with E-state index in [4.69, 9.17) is 5.84 Å². The maximum absolute atomic E-state index is 9.52. The van der Waals surface area contributed by atoms with Gasteiger partial charge in [-0.15, -0.1) is 0 Å². The van der Waals surface area contributed by atoms with Gasteiger partial charge in [0.2, 0.25) is 0 Å². The number of aromatic nitrogens is 2. The monoisotopic (exact) mass is 211 g/mol. The van der Waals surface area contributed by atoms with Gasteiger partial charge in [-0.1, -0.05) is 0 Å². The van der Waals surface area contributed by atoms with Crippen LogP contribution in [0.15, 0.2) is 12.4 Å². The molecule has 0 saturated heterocycles. The molecule has 0 saturated carbocycles. The highest BCUT2D eigenvalue weighted by molar-refractivity contribution is 5.47. The van der Waals surface area contributed by atoms with Gasteiger partial charge in [-0.25, -0.2) is 15.8 Å². The minimum Gasteiger partial charge on any atom is -0.391 e. The van der Waals surface area contributed by atoms with E-state index in [1.165, 1.54) is 6.33 Å². The summed E-state index contributed by atoms with van der Waals surface area (Å²) in [6.07, 6.45) is 0.900. The van der Waals surface area contributed by atoms with Gasteiger partial charge in [0.1, 0.15) is 18.0 Å². The van der Waals surface area contributed by atoms with Gasteiger partial charge in [0.05, 0.1) is 11.6 Å². The van der Waals surface area contributed by atoms with Crippen LogP contribution in [-0.4, -0.2) is 26.7 Å². The number of hydrogen-bond donors (Lipinski definition) is 4. The highest BCUT2D eigenvalue weighted by Gasteiger charge is 2.24. The minimum atomic E-state index is -0.498. The third-order valence-electron chi connectivity index (χ3n) is 2.31. The molecule has 0 aliphatic carbocycles. The third kappa shape index (κ3) is 3.03. The summed E-state index contributed by atoms with van der Waals surface area (Å²) in [6, 6.07) is 1.67. The van der Waals surface area contributed by atoms with Crippen LogP contribution in [0.5, 0.6) is 0 Å². The molecule has 0 spiro atoms. The number of nitrogens with two attached hydrogens (primary N) is 1. The number of nitrogens with zero attached hydrogens (tertiary/aromatic N) is 2. The van der Waals surface area contributed by atoms with Crippen LogP contribution in [0.1, 0.15) is 20.8 Å². The van der Waals surface area contributed by atoms with E-state index < -0.39 is 11.6 Å². The average Bonchev–Trinajstić information content (AvgIpc) is 2.17. The molecule has 0 aliphatic rings. The maximum atomic E-state index is 9.52. The predicted octanol–water partition coefficient (Wildman–Crippen LogP) is 0.333. The second-order valence-electron chi connectivity index (χ2n) is 3.96. The Hall–Kier alpha value is -1.40. The van der Waals surface area contributed by atoms with E-state index in [0.29, 0.717) is 11.6 Å². The van der Waals surface area contributed by atoms with Crippen molar-refractivity contribution in [2.45, 2.75) is 32.4 Å². The molecule has 1 unspecified atom stereocenters. The van der Waals surface area contributed by atoms with Gasteiger partial charge in [0.25, 0.3) is 0 Å². The Balaban J connectivity index is 2.80. The van der Waals surface area contributed by atoms with Crippen molar-refractivity contribution in [3.8, 4) is 0 Å². The Morgan fingerprint density at radius 1 is 1.40 bits per heavy atom. The largest absolute Gasteiger partial charge is 0.391 e. The molecule has 0 aliphatic heterocycles. The van der Waals surface area contributed by atoms with Crippen LogP contribution >= 0.6 is 0 Å². The van der Waals surface area contributed by atoms with Crippen molar-refractivity contribution in [1.82, 2.24) is 9.97 Å². The van der Waals surface area contributed by atoms with E-state index in [-0.39, 0.29) is 0 Å². The zero-order valence-electron chi connectivity index (χ0n) is 9.15. The zero-order chi connectivity index (χ0) is 11.5. The molecule has 0 bridgehead atoms. The van der Waals surface area contributed by atoms with Gasteiger partial charge in [-0.3, -0.25) is 0 Å². The number of aliphatic hydroxyl groups excluding tert-OH is 1. The van der Waals surface area contributed by atoms with Crippen molar-refractivity contribution < 1.29 is 5.11 Å². The molecule has 15 heavy (non-hydrogen) atoms. The summed E-state index contributed by atoms with van der Waals surface area (Å²) in [5.41, 5.74) is 1.97. The summed E-state index contributed by atoms with van der Waals surface area (Å²) in [5.74, 6) is 6.36. The summed E-state index contributed by atoms with van der Waals surface area (Å²) in [7, 11) is 0. The second-order valence-corrected chi connectivity index (χ2v) is 3.96. The Morgan fingerprint density at radius 3 is 2.53 bits per heavy atom. The summed E-state index contributed by atoms with van der Waals surface area (Å²) in [5, 5.41) is 12.6. The molecule has 1 atom stereocenters. The van der Waals surface area contributed by atoms with Crippen LogP contribution in [-0.2, 0) is 0 Å². The molecule has 1 aromatic rings. The fourth-order valence-corrected chi connectivity index (χ4v) is 0.939. The molecule has 6 heteroatoms. The topological polar surface area (TPSA) is 96.1 Å². The van der Waals surface area contributed by atoms with E-state index in [9.17, 15) is 5.11 Å². The number of nitrogens with one attached hydrogen (secondary N) is 2. The Kier molecular flexibility index (Phi) is 3.43. The van der Waals surface area contributed by atoms with Gasteiger partial charge in [0, 0.05) is 6.07 Å². The molecule has 1 aromatic heterocycles. The first-order valence-corrected chi connectivity index (χ1v) is 4.70. The number of rotatable bonds is 4. The average molecular weight is 211 g/mol. The second kappa shape index (κ2) is 4.41. The Bertz CT molecular complexity index is 326. The van der Waals surface area contributed by atoms with Gasteiger partial charge in [0.15, 0.2) is 0 Å². The Morgan fingerprint density at radius 2 is 2.00 bits per heavy atom. The van der Waals surface area contributed by atoms with Crippen LogP contribution in [0.25, 0.3) is 0 Å². The van der Waals surface area contributed by atoms with Gasteiger partial charge < -0.3 is 15.8 Å². The van der Waals surface area contributed by atoms with Crippen LogP contribution < -0.4 is 16.6 Å².